The Morgan fingerprint density at radius 1 is 1.39 bits per heavy atom. The quantitative estimate of drug-likeness (QED) is 0.864. The van der Waals surface area contributed by atoms with Gasteiger partial charge in [0.25, 0.3) is 5.91 Å². The molecule has 0 fully saturated rings. The van der Waals surface area contributed by atoms with Crippen LogP contribution in [0.25, 0.3) is 0 Å². The molecule has 2 rings (SSSR count). The van der Waals surface area contributed by atoms with E-state index in [-0.39, 0.29) is 11.9 Å². The third-order valence-corrected chi connectivity index (χ3v) is 3.22. The standard InChI is InChI=1S/C13H15N3OS/c14-11(10-4-2-1-3-5-10)6-7-15-13(17)12-8-18-9-16-12/h1-5,8-9,11H,6-7,14H2,(H,15,17). The Hall–Kier alpha value is -1.72. The number of rotatable bonds is 5. The highest BCUT2D eigenvalue weighted by Gasteiger charge is 2.09. The zero-order chi connectivity index (χ0) is 12.8. The van der Waals surface area contributed by atoms with Gasteiger partial charge in [0.2, 0.25) is 0 Å². The lowest BCUT2D eigenvalue weighted by Crippen LogP contribution is -2.27. The van der Waals surface area contributed by atoms with Crippen molar-refractivity contribution in [2.24, 2.45) is 5.73 Å². The van der Waals surface area contributed by atoms with E-state index < -0.39 is 0 Å². The molecule has 1 unspecified atom stereocenters. The summed E-state index contributed by atoms with van der Waals surface area (Å²) in [4.78, 5) is 15.6. The third kappa shape index (κ3) is 3.38. The minimum atomic E-state index is -0.142. The highest BCUT2D eigenvalue weighted by molar-refractivity contribution is 7.07. The van der Waals surface area contributed by atoms with Crippen LogP contribution < -0.4 is 11.1 Å². The number of aromatic nitrogens is 1. The molecule has 0 aliphatic rings. The van der Waals surface area contributed by atoms with E-state index in [9.17, 15) is 4.79 Å². The average molecular weight is 261 g/mol. The van der Waals surface area contributed by atoms with Crippen molar-refractivity contribution in [1.82, 2.24) is 10.3 Å². The monoisotopic (exact) mass is 261 g/mol. The summed E-state index contributed by atoms with van der Waals surface area (Å²) in [6.07, 6.45) is 0.708. The van der Waals surface area contributed by atoms with Crippen LogP contribution in [-0.2, 0) is 0 Å². The second-order valence-corrected chi connectivity index (χ2v) is 4.65. The van der Waals surface area contributed by atoms with Gasteiger partial charge in [0.1, 0.15) is 5.69 Å². The highest BCUT2D eigenvalue weighted by Crippen LogP contribution is 2.12. The van der Waals surface area contributed by atoms with Gasteiger partial charge in [-0.1, -0.05) is 30.3 Å². The molecule has 0 saturated carbocycles. The lowest BCUT2D eigenvalue weighted by Gasteiger charge is -2.12. The molecule has 1 aromatic carbocycles. The van der Waals surface area contributed by atoms with Crippen molar-refractivity contribution >= 4 is 17.2 Å². The average Bonchev–Trinajstić information content (AvgIpc) is 2.93. The van der Waals surface area contributed by atoms with E-state index in [1.54, 1.807) is 10.9 Å². The number of carbonyl (C=O) groups is 1. The molecule has 0 saturated heterocycles. The molecule has 3 N–H and O–H groups in total. The SMILES string of the molecule is NC(CCNC(=O)c1cscn1)c1ccccc1. The number of nitrogens with zero attached hydrogens (tertiary/aromatic N) is 1. The summed E-state index contributed by atoms with van der Waals surface area (Å²) in [7, 11) is 0. The number of thiazole rings is 1. The van der Waals surface area contributed by atoms with E-state index in [0.717, 1.165) is 5.56 Å². The Balaban J connectivity index is 1.77. The maximum Gasteiger partial charge on any atom is 0.270 e. The molecule has 1 aromatic heterocycles. The molecular weight excluding hydrogens is 246 g/mol. The summed E-state index contributed by atoms with van der Waals surface area (Å²) in [5, 5.41) is 4.54. The van der Waals surface area contributed by atoms with Crippen molar-refractivity contribution in [3.63, 3.8) is 0 Å². The summed E-state index contributed by atoms with van der Waals surface area (Å²) in [5.41, 5.74) is 9.23. The number of nitrogens with two attached hydrogens (primary N) is 1. The molecule has 2 aromatic rings. The topological polar surface area (TPSA) is 68.0 Å². The number of hydrogen-bond acceptors (Lipinski definition) is 4. The maximum absolute atomic E-state index is 11.6. The van der Waals surface area contributed by atoms with Gasteiger partial charge in [-0.3, -0.25) is 4.79 Å². The number of nitrogens with one attached hydrogen (secondary N) is 1. The molecule has 4 nitrogen and oxygen atoms in total. The first kappa shape index (κ1) is 12.7. The van der Waals surface area contributed by atoms with E-state index in [2.05, 4.69) is 10.3 Å². The van der Waals surface area contributed by atoms with Crippen LogP contribution in [0.1, 0.15) is 28.5 Å². The van der Waals surface area contributed by atoms with Gasteiger partial charge in [0, 0.05) is 18.0 Å². The molecule has 0 aliphatic carbocycles. The molecule has 18 heavy (non-hydrogen) atoms. The zero-order valence-corrected chi connectivity index (χ0v) is 10.7. The van der Waals surface area contributed by atoms with Crippen LogP contribution in [0.2, 0.25) is 0 Å². The van der Waals surface area contributed by atoms with E-state index in [1.165, 1.54) is 11.3 Å². The van der Waals surface area contributed by atoms with Crippen molar-refractivity contribution in [3.8, 4) is 0 Å². The van der Waals surface area contributed by atoms with Gasteiger partial charge in [-0.05, 0) is 12.0 Å². The maximum atomic E-state index is 11.6. The fraction of sp³-hybridized carbons (Fsp3) is 0.231. The van der Waals surface area contributed by atoms with Gasteiger partial charge in [0.05, 0.1) is 5.51 Å². The first-order valence-electron chi connectivity index (χ1n) is 5.74. The van der Waals surface area contributed by atoms with Gasteiger partial charge in [-0.15, -0.1) is 11.3 Å². The third-order valence-electron chi connectivity index (χ3n) is 2.63. The predicted molar refractivity (Wildman–Crippen MR) is 72.4 cm³/mol. The van der Waals surface area contributed by atoms with E-state index in [0.29, 0.717) is 18.7 Å². The molecule has 1 heterocycles. The largest absolute Gasteiger partial charge is 0.351 e. The molecule has 0 aliphatic heterocycles. The molecule has 0 spiro atoms. The van der Waals surface area contributed by atoms with Crippen LogP contribution in [0.4, 0.5) is 0 Å². The molecular formula is C13H15N3OS. The predicted octanol–water partition coefficient (Wildman–Crippen LogP) is 1.96. The first-order valence-corrected chi connectivity index (χ1v) is 6.68. The fourth-order valence-corrected chi connectivity index (χ4v) is 2.16. The summed E-state index contributed by atoms with van der Waals surface area (Å²) in [5.74, 6) is -0.142. The summed E-state index contributed by atoms with van der Waals surface area (Å²) >= 11 is 1.41. The molecule has 1 atom stereocenters. The highest BCUT2D eigenvalue weighted by atomic mass is 32.1. The summed E-state index contributed by atoms with van der Waals surface area (Å²) < 4.78 is 0. The molecule has 94 valence electrons. The van der Waals surface area contributed by atoms with Crippen LogP contribution in [0, 0.1) is 0 Å². The number of carbonyl (C=O) groups excluding carboxylic acids is 1. The van der Waals surface area contributed by atoms with Gasteiger partial charge >= 0.3 is 0 Å². The second kappa shape index (κ2) is 6.28. The van der Waals surface area contributed by atoms with Crippen LogP contribution in [0.5, 0.6) is 0 Å². The molecule has 0 radical (unpaired) electrons. The summed E-state index contributed by atoms with van der Waals surface area (Å²) in [6.45, 7) is 0.548. The Labute approximate surface area is 110 Å². The Kier molecular flexibility index (Phi) is 4.44. The minimum absolute atomic E-state index is 0.0538. The Bertz CT molecular complexity index is 484. The van der Waals surface area contributed by atoms with Crippen molar-refractivity contribution in [3.05, 3.63) is 52.5 Å². The summed E-state index contributed by atoms with van der Waals surface area (Å²) in [6, 6.07) is 9.81. The van der Waals surface area contributed by atoms with E-state index >= 15 is 0 Å². The van der Waals surface area contributed by atoms with Gasteiger partial charge in [-0.25, -0.2) is 4.98 Å². The van der Waals surface area contributed by atoms with Crippen LogP contribution in [0.15, 0.2) is 41.2 Å². The first-order chi connectivity index (χ1) is 8.77. The fourth-order valence-electron chi connectivity index (χ4n) is 1.62. The smallest absolute Gasteiger partial charge is 0.270 e. The van der Waals surface area contributed by atoms with E-state index in [1.807, 2.05) is 30.3 Å². The zero-order valence-electron chi connectivity index (χ0n) is 9.87. The lowest BCUT2D eigenvalue weighted by molar-refractivity contribution is 0.0948. The normalized spacial score (nSPS) is 12.1. The number of amides is 1. The van der Waals surface area contributed by atoms with Gasteiger partial charge in [0.15, 0.2) is 0 Å². The van der Waals surface area contributed by atoms with Crippen LogP contribution in [-0.4, -0.2) is 17.4 Å². The van der Waals surface area contributed by atoms with Crippen molar-refractivity contribution in [2.45, 2.75) is 12.5 Å². The number of benzene rings is 1. The van der Waals surface area contributed by atoms with E-state index in [4.69, 9.17) is 5.73 Å². The molecule has 5 heteroatoms. The van der Waals surface area contributed by atoms with Crippen molar-refractivity contribution in [2.75, 3.05) is 6.54 Å². The lowest BCUT2D eigenvalue weighted by atomic mass is 10.1. The van der Waals surface area contributed by atoms with Crippen molar-refractivity contribution < 1.29 is 4.79 Å². The second-order valence-electron chi connectivity index (χ2n) is 3.94. The minimum Gasteiger partial charge on any atom is -0.351 e. The number of hydrogen-bond donors (Lipinski definition) is 2. The van der Waals surface area contributed by atoms with Gasteiger partial charge in [-0.2, -0.15) is 0 Å². The van der Waals surface area contributed by atoms with Crippen LogP contribution >= 0.6 is 11.3 Å². The Morgan fingerprint density at radius 3 is 2.83 bits per heavy atom. The molecule has 0 bridgehead atoms. The van der Waals surface area contributed by atoms with Crippen LogP contribution in [0.3, 0.4) is 0 Å². The molecule has 1 amide bonds. The van der Waals surface area contributed by atoms with Gasteiger partial charge < -0.3 is 11.1 Å². The van der Waals surface area contributed by atoms with Crippen molar-refractivity contribution in [1.29, 1.82) is 0 Å². The Morgan fingerprint density at radius 2 is 2.17 bits per heavy atom.